The summed E-state index contributed by atoms with van der Waals surface area (Å²) in [7, 11) is -1.19. The van der Waals surface area contributed by atoms with Gasteiger partial charge >= 0.3 is 0 Å². The molecule has 0 radical (unpaired) electrons. The molecule has 1 saturated carbocycles. The molecule has 166 valence electrons. The van der Waals surface area contributed by atoms with Crippen LogP contribution in [0, 0.1) is 5.92 Å². The van der Waals surface area contributed by atoms with Gasteiger partial charge in [-0.15, -0.1) is 12.4 Å². The van der Waals surface area contributed by atoms with Gasteiger partial charge in [-0.3, -0.25) is 0 Å². The smallest absolute Gasteiger partial charge is 0.243 e. The molecule has 6 heteroatoms. The Labute approximate surface area is 184 Å². The summed E-state index contributed by atoms with van der Waals surface area (Å²) < 4.78 is 27.8. The first kappa shape index (κ1) is 24.6. The Morgan fingerprint density at radius 3 is 2.14 bits per heavy atom. The normalized spacial score (nSPS) is 20.2. The second-order valence-corrected chi connectivity index (χ2v) is 11.1. The number of halogens is 1. The van der Waals surface area contributed by atoms with Crippen LogP contribution in [0.5, 0.6) is 0 Å². The number of hydrogen-bond acceptors (Lipinski definition) is 3. The Balaban J connectivity index is 0.00000300. The van der Waals surface area contributed by atoms with E-state index in [0.717, 1.165) is 19.4 Å². The van der Waals surface area contributed by atoms with Gasteiger partial charge in [0, 0.05) is 19.1 Å². The summed E-state index contributed by atoms with van der Waals surface area (Å²) in [5, 5.41) is 0. The molecular formula is C23H39ClN2O2S. The quantitative estimate of drug-likeness (QED) is 0.576. The van der Waals surface area contributed by atoms with Gasteiger partial charge < -0.3 is 4.90 Å². The number of benzene rings is 1. The molecule has 3 rings (SSSR count). The summed E-state index contributed by atoms with van der Waals surface area (Å²) in [6.45, 7) is 6.86. The van der Waals surface area contributed by atoms with Crippen LogP contribution in [0.4, 0.5) is 0 Å². The van der Waals surface area contributed by atoms with E-state index in [2.05, 4.69) is 37.9 Å². The zero-order valence-corrected chi connectivity index (χ0v) is 20.0. The number of sulfonamides is 1. The van der Waals surface area contributed by atoms with E-state index in [-0.39, 0.29) is 12.4 Å². The fourth-order valence-electron chi connectivity index (χ4n) is 4.66. The molecule has 0 unspecified atom stereocenters. The van der Waals surface area contributed by atoms with Gasteiger partial charge in [-0.1, -0.05) is 45.2 Å². The highest BCUT2D eigenvalue weighted by molar-refractivity contribution is 7.89. The number of piperidine rings is 1. The second kappa shape index (κ2) is 11.1. The van der Waals surface area contributed by atoms with E-state index >= 15 is 0 Å². The summed E-state index contributed by atoms with van der Waals surface area (Å²) in [6.07, 6.45) is 9.46. The predicted molar refractivity (Wildman–Crippen MR) is 123 cm³/mol. The lowest BCUT2D eigenvalue weighted by molar-refractivity contribution is 0.162. The zero-order valence-electron chi connectivity index (χ0n) is 18.3. The first-order valence-corrected chi connectivity index (χ1v) is 12.6. The summed E-state index contributed by atoms with van der Waals surface area (Å²) in [5.74, 6) is 1.32. The summed E-state index contributed by atoms with van der Waals surface area (Å²) in [5.41, 5.74) is 1.31. The largest absolute Gasteiger partial charge is 0.303 e. The molecule has 0 bridgehead atoms. The second-order valence-electron chi connectivity index (χ2n) is 9.20. The first-order chi connectivity index (χ1) is 13.4. The first-order valence-electron chi connectivity index (χ1n) is 11.2. The maximum absolute atomic E-state index is 13.1. The van der Waals surface area contributed by atoms with E-state index in [9.17, 15) is 8.42 Å². The average molecular weight is 443 g/mol. The van der Waals surface area contributed by atoms with E-state index in [0.29, 0.717) is 35.9 Å². The molecule has 29 heavy (non-hydrogen) atoms. The van der Waals surface area contributed by atoms with E-state index in [1.807, 2.05) is 12.1 Å². The van der Waals surface area contributed by atoms with Gasteiger partial charge in [0.05, 0.1) is 4.90 Å². The molecule has 1 saturated heterocycles. The van der Waals surface area contributed by atoms with Gasteiger partial charge in [-0.2, -0.15) is 4.31 Å². The fourth-order valence-corrected chi connectivity index (χ4v) is 6.13. The lowest BCUT2D eigenvalue weighted by Gasteiger charge is -2.36. The summed E-state index contributed by atoms with van der Waals surface area (Å²) >= 11 is 0. The molecular weight excluding hydrogens is 404 g/mol. The lowest BCUT2D eigenvalue weighted by Crippen LogP contribution is -2.45. The lowest BCUT2D eigenvalue weighted by atomic mass is 9.84. The van der Waals surface area contributed by atoms with Crippen LogP contribution in [-0.4, -0.2) is 50.3 Å². The molecule has 2 fully saturated rings. The molecule has 1 heterocycles. The molecule has 4 nitrogen and oxygen atoms in total. The fraction of sp³-hybridized carbons (Fsp3) is 0.739. The van der Waals surface area contributed by atoms with Crippen LogP contribution in [-0.2, 0) is 10.0 Å². The zero-order chi connectivity index (χ0) is 20.1. The van der Waals surface area contributed by atoms with Gasteiger partial charge in [0.15, 0.2) is 0 Å². The van der Waals surface area contributed by atoms with Crippen molar-refractivity contribution in [2.75, 3.05) is 26.7 Å². The highest BCUT2D eigenvalue weighted by Crippen LogP contribution is 2.33. The van der Waals surface area contributed by atoms with Gasteiger partial charge in [0.2, 0.25) is 10.0 Å². The number of rotatable bonds is 7. The van der Waals surface area contributed by atoms with Crippen LogP contribution >= 0.6 is 12.4 Å². The third-order valence-electron chi connectivity index (χ3n) is 6.70. The molecule has 1 aliphatic heterocycles. The van der Waals surface area contributed by atoms with Crippen LogP contribution in [0.15, 0.2) is 29.2 Å². The van der Waals surface area contributed by atoms with E-state index in [1.54, 1.807) is 4.31 Å². The molecule has 0 amide bonds. The molecule has 2 aliphatic rings. The molecule has 1 aromatic rings. The minimum Gasteiger partial charge on any atom is -0.303 e. The monoisotopic (exact) mass is 442 g/mol. The van der Waals surface area contributed by atoms with Crippen LogP contribution in [0.2, 0.25) is 0 Å². The summed E-state index contributed by atoms with van der Waals surface area (Å²) in [6, 6.07) is 8.27. The maximum atomic E-state index is 13.1. The van der Waals surface area contributed by atoms with Crippen molar-refractivity contribution in [2.24, 2.45) is 5.92 Å². The maximum Gasteiger partial charge on any atom is 0.243 e. The van der Waals surface area contributed by atoms with Crippen LogP contribution in [0.1, 0.15) is 76.7 Å². The predicted octanol–water partition coefficient (Wildman–Crippen LogP) is 5.29. The van der Waals surface area contributed by atoms with Crippen molar-refractivity contribution in [1.29, 1.82) is 0 Å². The summed E-state index contributed by atoms with van der Waals surface area (Å²) in [4.78, 5) is 2.88. The Hall–Kier alpha value is -0.620. The number of hydrogen-bond donors (Lipinski definition) is 0. The third kappa shape index (κ3) is 6.43. The molecule has 1 aliphatic carbocycles. The van der Waals surface area contributed by atoms with Crippen LogP contribution < -0.4 is 0 Å². The van der Waals surface area contributed by atoms with Crippen molar-refractivity contribution in [2.45, 2.75) is 82.1 Å². The minimum atomic E-state index is -3.37. The average Bonchev–Trinajstić information content (AvgIpc) is 2.73. The van der Waals surface area contributed by atoms with E-state index in [4.69, 9.17) is 0 Å². The van der Waals surface area contributed by atoms with Gasteiger partial charge in [-0.25, -0.2) is 8.42 Å². The van der Waals surface area contributed by atoms with E-state index in [1.165, 1.54) is 44.1 Å². The van der Waals surface area contributed by atoms with Gasteiger partial charge in [-0.05, 0) is 75.2 Å². The molecule has 0 aromatic heterocycles. The van der Waals surface area contributed by atoms with Gasteiger partial charge in [0.1, 0.15) is 0 Å². The molecule has 0 spiro atoms. The highest BCUT2D eigenvalue weighted by Gasteiger charge is 2.31. The molecule has 0 atom stereocenters. The minimum absolute atomic E-state index is 0. The Kier molecular flexibility index (Phi) is 9.46. The molecule has 1 aromatic carbocycles. The van der Waals surface area contributed by atoms with Gasteiger partial charge in [0.25, 0.3) is 0 Å². The Morgan fingerprint density at radius 1 is 1.00 bits per heavy atom. The van der Waals surface area contributed by atoms with Crippen LogP contribution in [0.25, 0.3) is 0 Å². The van der Waals surface area contributed by atoms with Crippen molar-refractivity contribution < 1.29 is 8.42 Å². The number of nitrogens with zero attached hydrogens (tertiary/aromatic N) is 2. The van der Waals surface area contributed by atoms with Crippen molar-refractivity contribution >= 4 is 22.4 Å². The van der Waals surface area contributed by atoms with Crippen LogP contribution in [0.3, 0.4) is 0 Å². The van der Waals surface area contributed by atoms with Crippen molar-refractivity contribution in [1.82, 2.24) is 9.21 Å². The highest BCUT2D eigenvalue weighted by atomic mass is 35.5. The third-order valence-corrected chi connectivity index (χ3v) is 8.61. The standard InChI is InChI=1S/C23H38N2O2S.ClH/c1-19(2)13-16-24(3)22-14-17-25(18-15-22)28(26,27)23-11-9-21(10-12-23)20-7-5-4-6-8-20;/h9-12,19-20,22H,4-8,13-18H2,1-3H3;1H. The van der Waals surface area contributed by atoms with E-state index < -0.39 is 10.0 Å². The van der Waals surface area contributed by atoms with Crippen molar-refractivity contribution in [3.63, 3.8) is 0 Å². The van der Waals surface area contributed by atoms with Crippen molar-refractivity contribution in [3.8, 4) is 0 Å². The SMILES string of the molecule is CC(C)CCN(C)C1CCN(S(=O)(=O)c2ccc(C3CCCCC3)cc2)CC1.Cl. The van der Waals surface area contributed by atoms with Crippen molar-refractivity contribution in [3.05, 3.63) is 29.8 Å². The Bertz CT molecular complexity index is 707. The molecule has 0 N–H and O–H groups in total. The Morgan fingerprint density at radius 2 is 1.59 bits per heavy atom. The topological polar surface area (TPSA) is 40.6 Å².